The van der Waals surface area contributed by atoms with Crippen molar-refractivity contribution in [1.82, 2.24) is 14.9 Å². The van der Waals surface area contributed by atoms with Gasteiger partial charge in [0.15, 0.2) is 4.77 Å². The Balaban J connectivity index is 1.62. The van der Waals surface area contributed by atoms with Gasteiger partial charge in [-0.25, -0.2) is 0 Å². The van der Waals surface area contributed by atoms with Crippen LogP contribution in [0.25, 0.3) is 10.9 Å². The topological polar surface area (TPSA) is 89.2 Å². The Hall–Kier alpha value is -1.99. The van der Waals surface area contributed by atoms with Crippen molar-refractivity contribution in [3.8, 4) is 0 Å². The minimum Gasteiger partial charge on any atom is -0.389 e. The van der Waals surface area contributed by atoms with Crippen LogP contribution in [0.1, 0.15) is 42.5 Å². The molecule has 2 heterocycles. The van der Waals surface area contributed by atoms with Gasteiger partial charge >= 0.3 is 0 Å². The minimum atomic E-state index is -0.600. The summed E-state index contributed by atoms with van der Waals surface area (Å²) in [6, 6.07) is 5.01. The number of hydrogen-bond donors (Lipinski definition) is 3. The number of fused-ring (bicyclic) bond motifs is 2. The minimum absolute atomic E-state index is 0.0610. The summed E-state index contributed by atoms with van der Waals surface area (Å²) < 4.78 is 0.243. The van der Waals surface area contributed by atoms with Gasteiger partial charge in [-0.15, -0.1) is 0 Å². The van der Waals surface area contributed by atoms with Crippen molar-refractivity contribution in [2.75, 3.05) is 13.1 Å². The molecule has 2 fully saturated rings. The Kier molecular flexibility index (Phi) is 4.00. The zero-order valence-electron chi connectivity index (χ0n) is 13.9. The molecule has 132 valence electrons. The summed E-state index contributed by atoms with van der Waals surface area (Å²) in [5.74, 6) is 0.0992. The van der Waals surface area contributed by atoms with Gasteiger partial charge in [-0.3, -0.25) is 14.6 Å². The van der Waals surface area contributed by atoms with E-state index in [1.54, 1.807) is 18.2 Å². The second-order valence-corrected chi connectivity index (χ2v) is 7.62. The van der Waals surface area contributed by atoms with Crippen molar-refractivity contribution in [1.29, 1.82) is 0 Å². The molecule has 1 aliphatic heterocycles. The van der Waals surface area contributed by atoms with E-state index in [-0.39, 0.29) is 22.2 Å². The van der Waals surface area contributed by atoms with E-state index in [1.165, 1.54) is 0 Å². The summed E-state index contributed by atoms with van der Waals surface area (Å²) in [5.41, 5.74) is 0.232. The van der Waals surface area contributed by atoms with Gasteiger partial charge < -0.3 is 15.0 Å². The number of hydrogen-bond acceptors (Lipinski definition) is 4. The number of nitrogens with zero attached hydrogens (tertiary/aromatic N) is 1. The summed E-state index contributed by atoms with van der Waals surface area (Å²) in [4.78, 5) is 32.1. The van der Waals surface area contributed by atoms with Gasteiger partial charge in [0, 0.05) is 24.6 Å². The second kappa shape index (κ2) is 6.07. The number of benzene rings is 1. The van der Waals surface area contributed by atoms with Crippen molar-refractivity contribution < 1.29 is 9.90 Å². The lowest BCUT2D eigenvalue weighted by Gasteiger charge is -2.47. The molecule has 0 bridgehead atoms. The molecule has 2 atom stereocenters. The number of nitrogens with one attached hydrogen (secondary N) is 2. The van der Waals surface area contributed by atoms with Gasteiger partial charge in [0.2, 0.25) is 0 Å². The molecule has 1 saturated carbocycles. The van der Waals surface area contributed by atoms with E-state index >= 15 is 0 Å². The van der Waals surface area contributed by atoms with Gasteiger partial charge in [0.1, 0.15) is 0 Å². The predicted octanol–water partition coefficient (Wildman–Crippen LogP) is 2.35. The van der Waals surface area contributed by atoms with E-state index in [0.29, 0.717) is 36.0 Å². The molecule has 1 amide bonds. The fourth-order valence-electron chi connectivity index (χ4n) is 4.24. The average molecular weight is 359 g/mol. The molecule has 1 aromatic carbocycles. The highest BCUT2D eigenvalue weighted by Crippen LogP contribution is 2.40. The first-order valence-electron chi connectivity index (χ1n) is 8.74. The Bertz CT molecular complexity index is 950. The first-order valence-corrected chi connectivity index (χ1v) is 9.15. The van der Waals surface area contributed by atoms with E-state index in [0.717, 1.165) is 25.7 Å². The molecule has 4 rings (SSSR count). The molecule has 1 aliphatic carbocycles. The number of amides is 1. The normalized spacial score (nSPS) is 26.4. The maximum Gasteiger partial charge on any atom is 0.259 e. The molecule has 2 aliphatic rings. The summed E-state index contributed by atoms with van der Waals surface area (Å²) in [7, 11) is 0. The Morgan fingerprint density at radius 3 is 2.96 bits per heavy atom. The van der Waals surface area contributed by atoms with E-state index in [9.17, 15) is 14.7 Å². The molecule has 25 heavy (non-hydrogen) atoms. The summed E-state index contributed by atoms with van der Waals surface area (Å²) in [5, 5.41) is 11.2. The van der Waals surface area contributed by atoms with E-state index < -0.39 is 5.60 Å². The van der Waals surface area contributed by atoms with Gasteiger partial charge in [-0.05, 0) is 49.7 Å². The molecule has 7 heteroatoms. The molecular weight excluding hydrogens is 338 g/mol. The van der Waals surface area contributed by atoms with Crippen LogP contribution in [0.5, 0.6) is 0 Å². The maximum absolute atomic E-state index is 12.9. The third kappa shape index (κ3) is 2.91. The molecule has 1 aromatic heterocycles. The SMILES string of the molecule is O=C(c1ccc2c(=O)[nH]c(=S)[nH]c2c1)N1CCC2(O)CCCCC2C1. The zero-order valence-corrected chi connectivity index (χ0v) is 14.7. The highest BCUT2D eigenvalue weighted by Gasteiger charge is 2.43. The van der Waals surface area contributed by atoms with Crippen LogP contribution >= 0.6 is 12.2 Å². The molecular formula is C18H21N3O3S. The van der Waals surface area contributed by atoms with Gasteiger partial charge in [0.25, 0.3) is 11.5 Å². The molecule has 6 nitrogen and oxygen atoms in total. The average Bonchev–Trinajstić information content (AvgIpc) is 2.59. The number of carbonyl (C=O) groups excluding carboxylic acids is 1. The first-order chi connectivity index (χ1) is 12.0. The van der Waals surface area contributed by atoms with Crippen LogP contribution < -0.4 is 5.56 Å². The quantitative estimate of drug-likeness (QED) is 0.682. The lowest BCUT2D eigenvalue weighted by Crippen LogP contribution is -2.54. The third-order valence-corrected chi connectivity index (χ3v) is 5.91. The molecule has 3 N–H and O–H groups in total. The maximum atomic E-state index is 12.9. The predicted molar refractivity (Wildman–Crippen MR) is 97.2 cm³/mol. The van der Waals surface area contributed by atoms with Crippen LogP contribution in [0.2, 0.25) is 0 Å². The van der Waals surface area contributed by atoms with Crippen LogP contribution in [-0.4, -0.2) is 44.6 Å². The van der Waals surface area contributed by atoms with Crippen molar-refractivity contribution in [2.45, 2.75) is 37.7 Å². The van der Waals surface area contributed by atoms with E-state index in [2.05, 4.69) is 9.97 Å². The number of aromatic amines is 2. The highest BCUT2D eigenvalue weighted by atomic mass is 32.1. The van der Waals surface area contributed by atoms with E-state index in [1.807, 2.05) is 4.90 Å². The lowest BCUT2D eigenvalue weighted by atomic mass is 9.71. The van der Waals surface area contributed by atoms with Crippen LogP contribution in [0, 0.1) is 10.7 Å². The Morgan fingerprint density at radius 1 is 1.28 bits per heavy atom. The fourth-order valence-corrected chi connectivity index (χ4v) is 4.44. The van der Waals surface area contributed by atoms with Crippen LogP contribution in [0.15, 0.2) is 23.0 Å². The first kappa shape index (κ1) is 16.5. The monoisotopic (exact) mass is 359 g/mol. The number of piperidine rings is 1. The van der Waals surface area contributed by atoms with Crippen molar-refractivity contribution in [3.05, 3.63) is 38.9 Å². The van der Waals surface area contributed by atoms with Crippen molar-refractivity contribution in [2.24, 2.45) is 5.92 Å². The molecule has 2 unspecified atom stereocenters. The molecule has 2 aromatic rings. The van der Waals surface area contributed by atoms with Gasteiger partial charge in [0.05, 0.1) is 16.5 Å². The number of rotatable bonds is 1. The smallest absolute Gasteiger partial charge is 0.259 e. The Morgan fingerprint density at radius 2 is 2.12 bits per heavy atom. The summed E-state index contributed by atoms with van der Waals surface area (Å²) in [6.45, 7) is 1.16. The summed E-state index contributed by atoms with van der Waals surface area (Å²) >= 11 is 5.00. The van der Waals surface area contributed by atoms with Gasteiger partial charge in [-0.1, -0.05) is 12.8 Å². The molecule has 0 spiro atoms. The fraction of sp³-hybridized carbons (Fsp3) is 0.500. The zero-order chi connectivity index (χ0) is 17.6. The van der Waals surface area contributed by atoms with E-state index in [4.69, 9.17) is 12.2 Å². The molecule has 0 radical (unpaired) electrons. The van der Waals surface area contributed by atoms with Crippen LogP contribution in [0.3, 0.4) is 0 Å². The highest BCUT2D eigenvalue weighted by molar-refractivity contribution is 7.71. The Labute approximate surface area is 149 Å². The molecule has 1 saturated heterocycles. The number of carbonyl (C=O) groups is 1. The third-order valence-electron chi connectivity index (χ3n) is 5.70. The summed E-state index contributed by atoms with van der Waals surface area (Å²) in [6.07, 6.45) is 4.64. The van der Waals surface area contributed by atoms with Crippen molar-refractivity contribution in [3.63, 3.8) is 0 Å². The van der Waals surface area contributed by atoms with Crippen molar-refractivity contribution >= 4 is 29.0 Å². The number of aliphatic hydroxyl groups is 1. The number of aromatic nitrogens is 2. The number of H-pyrrole nitrogens is 2. The standard InChI is InChI=1S/C18H21N3O3S/c22-15-13-5-4-11(9-14(13)19-17(25)20-15)16(23)21-8-7-18(24)6-2-1-3-12(18)10-21/h4-5,9,12,24H,1-3,6-8,10H2,(H2,19,20,22,25). The number of likely N-dealkylation sites (tertiary alicyclic amines) is 1. The van der Waals surface area contributed by atoms with Crippen LogP contribution in [0.4, 0.5) is 0 Å². The van der Waals surface area contributed by atoms with Crippen LogP contribution in [-0.2, 0) is 0 Å². The van der Waals surface area contributed by atoms with Gasteiger partial charge in [-0.2, -0.15) is 0 Å². The lowest BCUT2D eigenvalue weighted by molar-refractivity contribution is -0.0886. The second-order valence-electron chi connectivity index (χ2n) is 7.22. The largest absolute Gasteiger partial charge is 0.389 e.